The fraction of sp³-hybridized carbons (Fsp3) is 0.455. The lowest BCUT2D eigenvalue weighted by atomic mass is 10.2. The summed E-state index contributed by atoms with van der Waals surface area (Å²) in [5, 5.41) is 2.76. The van der Waals surface area contributed by atoms with Crippen molar-refractivity contribution in [2.24, 2.45) is 0 Å². The summed E-state index contributed by atoms with van der Waals surface area (Å²) in [6.45, 7) is 3.06. The minimum absolute atomic E-state index is 0.0795. The molecule has 0 saturated carbocycles. The number of aromatic nitrogens is 1. The molecule has 0 aromatic carbocycles. The third-order valence-electron chi connectivity index (χ3n) is 2.03. The maximum Gasteiger partial charge on any atom is 0.251 e. The van der Waals surface area contributed by atoms with Crippen LogP contribution in [-0.4, -0.2) is 31.2 Å². The number of hydrogen-bond donors (Lipinski definition) is 1. The summed E-state index contributed by atoms with van der Waals surface area (Å²) in [6.07, 6.45) is 2.49. The second kappa shape index (κ2) is 6.14. The van der Waals surface area contributed by atoms with Crippen LogP contribution in [0.15, 0.2) is 18.3 Å². The molecule has 4 heteroatoms. The molecule has 1 heterocycles. The molecule has 1 aromatic rings. The molecule has 15 heavy (non-hydrogen) atoms. The number of nitrogens with zero attached hydrogens (tertiary/aromatic N) is 1. The maximum atomic E-state index is 11.6. The van der Waals surface area contributed by atoms with Crippen molar-refractivity contribution in [3.8, 4) is 0 Å². The van der Waals surface area contributed by atoms with E-state index < -0.39 is 0 Å². The van der Waals surface area contributed by atoms with Crippen LogP contribution in [0.1, 0.15) is 23.0 Å². The van der Waals surface area contributed by atoms with Crippen molar-refractivity contribution in [2.45, 2.75) is 13.3 Å². The van der Waals surface area contributed by atoms with Crippen LogP contribution in [0.3, 0.4) is 0 Å². The van der Waals surface area contributed by atoms with E-state index in [0.29, 0.717) is 18.7 Å². The number of aryl methyl sites for hydroxylation is 1. The standard InChI is InChI=1S/C11H16N2O2/c1-3-10-8-9(4-5-12-10)11(14)13-6-7-15-2/h4-5,8H,3,6-7H2,1-2H3,(H,13,14). The van der Waals surface area contributed by atoms with Crippen molar-refractivity contribution in [1.82, 2.24) is 10.3 Å². The van der Waals surface area contributed by atoms with E-state index in [1.807, 2.05) is 13.0 Å². The number of amides is 1. The van der Waals surface area contributed by atoms with E-state index in [1.165, 1.54) is 0 Å². The van der Waals surface area contributed by atoms with Crippen LogP contribution in [-0.2, 0) is 11.2 Å². The van der Waals surface area contributed by atoms with E-state index in [2.05, 4.69) is 10.3 Å². The highest BCUT2D eigenvalue weighted by Gasteiger charge is 2.04. The molecule has 1 rings (SSSR count). The molecule has 0 fully saturated rings. The lowest BCUT2D eigenvalue weighted by Gasteiger charge is -2.05. The quantitative estimate of drug-likeness (QED) is 0.735. The van der Waals surface area contributed by atoms with Gasteiger partial charge in [0.15, 0.2) is 0 Å². The Balaban J connectivity index is 2.57. The average molecular weight is 208 g/mol. The predicted octanol–water partition coefficient (Wildman–Crippen LogP) is 1.02. The summed E-state index contributed by atoms with van der Waals surface area (Å²) < 4.78 is 4.85. The van der Waals surface area contributed by atoms with Crippen LogP contribution in [0.4, 0.5) is 0 Å². The first-order chi connectivity index (χ1) is 7.27. The maximum absolute atomic E-state index is 11.6. The minimum atomic E-state index is -0.0795. The summed E-state index contributed by atoms with van der Waals surface area (Å²) in [4.78, 5) is 15.7. The Morgan fingerprint density at radius 2 is 2.40 bits per heavy atom. The van der Waals surface area contributed by atoms with Gasteiger partial charge in [0.2, 0.25) is 0 Å². The van der Waals surface area contributed by atoms with Crippen LogP contribution in [0, 0.1) is 0 Å². The molecular formula is C11H16N2O2. The van der Waals surface area contributed by atoms with Crippen LogP contribution in [0.5, 0.6) is 0 Å². The molecule has 0 bridgehead atoms. The van der Waals surface area contributed by atoms with Crippen molar-refractivity contribution in [3.63, 3.8) is 0 Å². The van der Waals surface area contributed by atoms with Gasteiger partial charge in [0.1, 0.15) is 0 Å². The second-order valence-electron chi connectivity index (χ2n) is 3.14. The first kappa shape index (κ1) is 11.7. The summed E-state index contributed by atoms with van der Waals surface area (Å²) >= 11 is 0. The number of hydrogen-bond acceptors (Lipinski definition) is 3. The molecule has 0 aliphatic rings. The highest BCUT2D eigenvalue weighted by atomic mass is 16.5. The van der Waals surface area contributed by atoms with Gasteiger partial charge in [0.05, 0.1) is 6.61 Å². The van der Waals surface area contributed by atoms with Crippen molar-refractivity contribution in [3.05, 3.63) is 29.6 Å². The highest BCUT2D eigenvalue weighted by Crippen LogP contribution is 2.02. The van der Waals surface area contributed by atoms with Crippen LogP contribution < -0.4 is 5.32 Å². The third-order valence-corrected chi connectivity index (χ3v) is 2.03. The normalized spacial score (nSPS) is 10.0. The van der Waals surface area contributed by atoms with Crippen molar-refractivity contribution in [1.29, 1.82) is 0 Å². The Kier molecular flexibility index (Phi) is 4.77. The topological polar surface area (TPSA) is 51.2 Å². The van der Waals surface area contributed by atoms with E-state index in [4.69, 9.17) is 4.74 Å². The van der Waals surface area contributed by atoms with Crippen molar-refractivity contribution >= 4 is 5.91 Å². The zero-order valence-electron chi connectivity index (χ0n) is 9.12. The highest BCUT2D eigenvalue weighted by molar-refractivity contribution is 5.94. The molecule has 0 saturated heterocycles. The molecular weight excluding hydrogens is 192 g/mol. The lowest BCUT2D eigenvalue weighted by molar-refractivity contribution is 0.0937. The number of ether oxygens (including phenoxy) is 1. The monoisotopic (exact) mass is 208 g/mol. The van der Waals surface area contributed by atoms with Gasteiger partial charge in [-0.15, -0.1) is 0 Å². The number of pyridine rings is 1. The summed E-state index contributed by atoms with van der Waals surface area (Å²) in [5.74, 6) is -0.0795. The van der Waals surface area contributed by atoms with Gasteiger partial charge in [-0.2, -0.15) is 0 Å². The van der Waals surface area contributed by atoms with E-state index in [1.54, 1.807) is 19.4 Å². The number of rotatable bonds is 5. The molecule has 0 atom stereocenters. The van der Waals surface area contributed by atoms with Gasteiger partial charge in [-0.25, -0.2) is 0 Å². The number of nitrogens with one attached hydrogen (secondary N) is 1. The third kappa shape index (κ3) is 3.67. The minimum Gasteiger partial charge on any atom is -0.383 e. The van der Waals surface area contributed by atoms with Gasteiger partial charge in [-0.05, 0) is 18.6 Å². The Labute approximate surface area is 89.7 Å². The zero-order chi connectivity index (χ0) is 11.1. The Morgan fingerprint density at radius 3 is 3.07 bits per heavy atom. The molecule has 1 amide bonds. The SMILES string of the molecule is CCc1cc(C(=O)NCCOC)ccn1. The molecule has 0 radical (unpaired) electrons. The number of carbonyl (C=O) groups excluding carboxylic acids is 1. The van der Waals surface area contributed by atoms with Gasteiger partial charge < -0.3 is 10.1 Å². The van der Waals surface area contributed by atoms with Gasteiger partial charge in [0, 0.05) is 31.1 Å². The largest absolute Gasteiger partial charge is 0.383 e. The van der Waals surface area contributed by atoms with E-state index in [9.17, 15) is 4.79 Å². The molecule has 1 aromatic heterocycles. The Hall–Kier alpha value is -1.42. The van der Waals surface area contributed by atoms with Crippen LogP contribution in [0.2, 0.25) is 0 Å². The fourth-order valence-corrected chi connectivity index (χ4v) is 1.18. The molecule has 4 nitrogen and oxygen atoms in total. The van der Waals surface area contributed by atoms with Gasteiger partial charge in [0.25, 0.3) is 5.91 Å². The molecule has 0 spiro atoms. The molecule has 82 valence electrons. The van der Waals surface area contributed by atoms with Crippen LogP contribution in [0.25, 0.3) is 0 Å². The summed E-state index contributed by atoms with van der Waals surface area (Å²) in [7, 11) is 1.60. The Morgan fingerprint density at radius 1 is 1.60 bits per heavy atom. The van der Waals surface area contributed by atoms with E-state index in [0.717, 1.165) is 12.1 Å². The number of carbonyl (C=O) groups is 1. The smallest absolute Gasteiger partial charge is 0.251 e. The molecule has 1 N–H and O–H groups in total. The molecule has 0 aliphatic carbocycles. The van der Waals surface area contributed by atoms with Gasteiger partial charge in [-0.1, -0.05) is 6.92 Å². The summed E-state index contributed by atoms with van der Waals surface area (Å²) in [6, 6.07) is 3.52. The number of methoxy groups -OCH3 is 1. The van der Waals surface area contributed by atoms with E-state index in [-0.39, 0.29) is 5.91 Å². The first-order valence-electron chi connectivity index (χ1n) is 5.00. The summed E-state index contributed by atoms with van der Waals surface area (Å²) in [5.41, 5.74) is 1.58. The van der Waals surface area contributed by atoms with Crippen molar-refractivity contribution < 1.29 is 9.53 Å². The second-order valence-corrected chi connectivity index (χ2v) is 3.14. The zero-order valence-corrected chi connectivity index (χ0v) is 9.12. The molecule has 0 aliphatic heterocycles. The lowest BCUT2D eigenvalue weighted by Crippen LogP contribution is -2.27. The first-order valence-corrected chi connectivity index (χ1v) is 5.00. The predicted molar refractivity (Wildman–Crippen MR) is 57.8 cm³/mol. The van der Waals surface area contributed by atoms with Crippen molar-refractivity contribution in [2.75, 3.05) is 20.3 Å². The van der Waals surface area contributed by atoms with Gasteiger partial charge >= 0.3 is 0 Å². The van der Waals surface area contributed by atoms with E-state index >= 15 is 0 Å². The average Bonchev–Trinajstić information content (AvgIpc) is 2.29. The molecule has 0 unspecified atom stereocenters. The van der Waals surface area contributed by atoms with Crippen LogP contribution >= 0.6 is 0 Å². The Bertz CT molecular complexity index is 326. The fourth-order valence-electron chi connectivity index (χ4n) is 1.18. The van der Waals surface area contributed by atoms with Gasteiger partial charge in [-0.3, -0.25) is 9.78 Å².